The largest absolute Gasteiger partial charge is 0.100 e. The second-order valence-corrected chi connectivity index (χ2v) is 8.14. The fourth-order valence-corrected chi connectivity index (χ4v) is 3.55. The number of rotatable bonds is 6. The molecule has 0 aliphatic heterocycles. The Morgan fingerprint density at radius 2 is 1.03 bits per heavy atom. The summed E-state index contributed by atoms with van der Waals surface area (Å²) >= 11 is 0. The van der Waals surface area contributed by atoms with Crippen molar-refractivity contribution in [2.45, 2.75) is 48.5 Å². The lowest BCUT2D eigenvalue weighted by molar-refractivity contribution is 1.42. The van der Waals surface area contributed by atoms with Crippen molar-refractivity contribution in [2.75, 3.05) is 0 Å². The first-order valence-corrected chi connectivity index (χ1v) is 12.4. The fourth-order valence-electron chi connectivity index (χ4n) is 3.55. The predicted molar refractivity (Wildman–Crippen MR) is 161 cm³/mol. The first-order chi connectivity index (χ1) is 16.9. The molecule has 0 fully saturated rings. The summed E-state index contributed by atoms with van der Waals surface area (Å²) in [6.07, 6.45) is 10.4. The van der Waals surface area contributed by atoms with Crippen LogP contribution in [0.5, 0.6) is 0 Å². The Morgan fingerprint density at radius 1 is 0.629 bits per heavy atom. The zero-order chi connectivity index (χ0) is 26.2. The van der Waals surface area contributed by atoms with E-state index in [1.807, 2.05) is 40.7 Å². The highest BCUT2D eigenvalue weighted by Gasteiger charge is 2.05. The van der Waals surface area contributed by atoms with Crippen LogP contribution in [0, 0.1) is 0 Å². The van der Waals surface area contributed by atoms with Gasteiger partial charge in [-0.2, -0.15) is 0 Å². The molecule has 0 aliphatic carbocycles. The normalized spacial score (nSPS) is 11.2. The van der Waals surface area contributed by atoms with Gasteiger partial charge in [-0.05, 0) is 91.3 Å². The molecule has 35 heavy (non-hydrogen) atoms. The zero-order valence-electron chi connectivity index (χ0n) is 22.7. The van der Waals surface area contributed by atoms with Crippen LogP contribution in [-0.4, -0.2) is 0 Å². The average Bonchev–Trinajstić information content (AvgIpc) is 2.89. The van der Waals surface area contributed by atoms with Crippen molar-refractivity contribution in [1.29, 1.82) is 0 Å². The van der Waals surface area contributed by atoms with Gasteiger partial charge in [0.05, 0.1) is 0 Å². The Morgan fingerprint density at radius 3 is 1.37 bits per heavy atom. The molecule has 0 unspecified atom stereocenters. The van der Waals surface area contributed by atoms with Crippen LogP contribution in [-0.2, 0) is 0 Å². The van der Waals surface area contributed by atoms with Gasteiger partial charge in [0.15, 0.2) is 0 Å². The Kier molecular flexibility index (Phi) is 13.5. The highest BCUT2D eigenvalue weighted by atomic mass is 14.1. The SMILES string of the molecule is C=C(C)C.C=C/C(=C\C)c1cccc(-c2ccc(-c3cccc(C(/C=C\C)=C/C)c3)cc2)c1.CC. The molecule has 0 spiro atoms. The molecule has 3 rings (SSSR count). The molecule has 182 valence electrons. The topological polar surface area (TPSA) is 0 Å². The highest BCUT2D eigenvalue weighted by molar-refractivity contribution is 5.80. The summed E-state index contributed by atoms with van der Waals surface area (Å²) in [5, 5.41) is 0. The summed E-state index contributed by atoms with van der Waals surface area (Å²) in [5.41, 5.74) is 10.9. The lowest BCUT2D eigenvalue weighted by atomic mass is 9.95. The Bertz CT molecular complexity index is 1160. The van der Waals surface area contributed by atoms with Crippen LogP contribution in [0.25, 0.3) is 33.4 Å². The van der Waals surface area contributed by atoms with Gasteiger partial charge in [0.25, 0.3) is 0 Å². The molecule has 0 nitrogen and oxygen atoms in total. The van der Waals surface area contributed by atoms with E-state index >= 15 is 0 Å². The van der Waals surface area contributed by atoms with Crippen molar-refractivity contribution in [3.63, 3.8) is 0 Å². The minimum absolute atomic E-state index is 1.15. The number of benzene rings is 3. The van der Waals surface area contributed by atoms with Crippen molar-refractivity contribution >= 4 is 11.1 Å². The summed E-state index contributed by atoms with van der Waals surface area (Å²) < 4.78 is 0. The maximum absolute atomic E-state index is 3.92. The maximum Gasteiger partial charge on any atom is -0.0178 e. The standard InChI is InChI=1S/C29H28.C4H8.C2H6/c1-5-11-23(8-4)27-13-10-15-29(21-27)25-18-16-24(17-19-25)28-14-9-12-26(20-28)22(6-2)7-3;1-4(2)3;1-2/h5-21H,2H2,1,3-4H3;1H2,2-3H3;1-2H3/b11-5-,22-7+,23-8+;;. The molecule has 0 N–H and O–H groups in total. The van der Waals surface area contributed by atoms with E-state index in [0.29, 0.717) is 0 Å². The van der Waals surface area contributed by atoms with Crippen molar-refractivity contribution in [1.82, 2.24) is 0 Å². The molecule has 0 radical (unpaired) electrons. The van der Waals surface area contributed by atoms with Crippen LogP contribution in [0.4, 0.5) is 0 Å². The fraction of sp³-hybridized carbons (Fsp3) is 0.200. The van der Waals surface area contributed by atoms with Crippen LogP contribution < -0.4 is 0 Å². The first kappa shape index (κ1) is 29.4. The van der Waals surface area contributed by atoms with Gasteiger partial charge in [0.2, 0.25) is 0 Å². The molecule has 0 heterocycles. The Labute approximate surface area is 214 Å². The number of allylic oxidation sites excluding steroid dienone is 8. The molecule has 0 bridgehead atoms. The van der Waals surface area contributed by atoms with Gasteiger partial charge < -0.3 is 0 Å². The first-order valence-electron chi connectivity index (χ1n) is 12.4. The lowest BCUT2D eigenvalue weighted by Gasteiger charge is -2.09. The van der Waals surface area contributed by atoms with Crippen LogP contribution >= 0.6 is 0 Å². The molecule has 3 aromatic rings. The van der Waals surface area contributed by atoms with Crippen LogP contribution in [0.1, 0.15) is 59.6 Å². The second-order valence-electron chi connectivity index (χ2n) is 8.14. The summed E-state index contributed by atoms with van der Waals surface area (Å²) in [6, 6.07) is 26.1. The molecule has 0 saturated heterocycles. The van der Waals surface area contributed by atoms with E-state index in [-0.39, 0.29) is 0 Å². The average molecular weight is 463 g/mol. The summed E-state index contributed by atoms with van der Waals surface area (Å²) in [7, 11) is 0. The Balaban J connectivity index is 0.000000926. The zero-order valence-corrected chi connectivity index (χ0v) is 22.7. The van der Waals surface area contributed by atoms with Crippen LogP contribution in [0.2, 0.25) is 0 Å². The summed E-state index contributed by atoms with van der Waals surface area (Å²) in [6.45, 7) is 21.6. The monoisotopic (exact) mass is 462 g/mol. The van der Waals surface area contributed by atoms with E-state index in [9.17, 15) is 0 Å². The van der Waals surface area contributed by atoms with Gasteiger partial charge in [-0.3, -0.25) is 0 Å². The van der Waals surface area contributed by atoms with Gasteiger partial charge in [-0.25, -0.2) is 0 Å². The van der Waals surface area contributed by atoms with E-state index in [4.69, 9.17) is 0 Å². The number of hydrogen-bond donors (Lipinski definition) is 0. The highest BCUT2D eigenvalue weighted by Crippen LogP contribution is 2.29. The smallest absolute Gasteiger partial charge is 0.0178 e. The lowest BCUT2D eigenvalue weighted by Crippen LogP contribution is -1.86. The van der Waals surface area contributed by atoms with E-state index in [1.165, 1.54) is 44.5 Å². The van der Waals surface area contributed by atoms with Gasteiger partial charge in [-0.1, -0.05) is 117 Å². The van der Waals surface area contributed by atoms with Gasteiger partial charge in [0.1, 0.15) is 0 Å². The van der Waals surface area contributed by atoms with Gasteiger partial charge >= 0.3 is 0 Å². The van der Waals surface area contributed by atoms with Crippen LogP contribution in [0.15, 0.2) is 122 Å². The molecular weight excluding hydrogens is 420 g/mol. The summed E-state index contributed by atoms with van der Waals surface area (Å²) in [5.74, 6) is 0. The predicted octanol–water partition coefficient (Wildman–Crippen LogP) is 11.2. The van der Waals surface area contributed by atoms with E-state index in [0.717, 1.165) is 5.57 Å². The third-order valence-electron chi connectivity index (χ3n) is 5.13. The molecule has 0 amide bonds. The Hall–Kier alpha value is -3.64. The quantitative estimate of drug-likeness (QED) is 0.252. The van der Waals surface area contributed by atoms with Crippen molar-refractivity contribution in [3.8, 4) is 22.3 Å². The van der Waals surface area contributed by atoms with Gasteiger partial charge in [-0.15, -0.1) is 6.58 Å². The van der Waals surface area contributed by atoms with Crippen molar-refractivity contribution < 1.29 is 0 Å². The number of hydrogen-bond acceptors (Lipinski definition) is 0. The van der Waals surface area contributed by atoms with Crippen molar-refractivity contribution in [2.24, 2.45) is 0 Å². The minimum Gasteiger partial charge on any atom is -0.100 e. The molecule has 0 aromatic heterocycles. The third kappa shape index (κ3) is 9.26. The molecule has 0 aliphatic rings. The second kappa shape index (κ2) is 16.1. The van der Waals surface area contributed by atoms with E-state index in [2.05, 4.69) is 124 Å². The molecule has 0 atom stereocenters. The summed E-state index contributed by atoms with van der Waals surface area (Å²) in [4.78, 5) is 0. The van der Waals surface area contributed by atoms with Gasteiger partial charge in [0, 0.05) is 0 Å². The van der Waals surface area contributed by atoms with Crippen LogP contribution in [0.3, 0.4) is 0 Å². The maximum atomic E-state index is 3.92. The van der Waals surface area contributed by atoms with E-state index < -0.39 is 0 Å². The third-order valence-corrected chi connectivity index (χ3v) is 5.13. The molecule has 0 saturated carbocycles. The van der Waals surface area contributed by atoms with Crippen molar-refractivity contribution in [3.05, 3.63) is 133 Å². The minimum atomic E-state index is 1.15. The molecular formula is C35H42. The molecule has 0 heteroatoms. The van der Waals surface area contributed by atoms with E-state index in [1.54, 1.807) is 0 Å². The molecule has 3 aromatic carbocycles.